The molecule has 4 aromatic rings. The lowest BCUT2D eigenvalue weighted by atomic mass is 9.64. The zero-order chi connectivity index (χ0) is 61.1. The highest BCUT2D eigenvalue weighted by Gasteiger charge is 2.46. The summed E-state index contributed by atoms with van der Waals surface area (Å²) in [5.41, 5.74) is 23.7. The smallest absolute Gasteiger partial charge is 0.0781 e. The first-order valence-corrected chi connectivity index (χ1v) is 33.2. The third-order valence-electron chi connectivity index (χ3n) is 19.4. The minimum Gasteiger partial charge on any atom is -0.247 e. The molecule has 83 heavy (non-hydrogen) atoms. The molecule has 0 N–H and O–H groups in total. The van der Waals surface area contributed by atoms with Crippen molar-refractivity contribution in [3.63, 3.8) is 0 Å². The summed E-state index contributed by atoms with van der Waals surface area (Å²) in [5.74, 6) is 0.544. The molecular weight excluding hydrogens is 999 g/mol. The monoisotopic (exact) mass is 1120 g/mol. The van der Waals surface area contributed by atoms with Gasteiger partial charge in [0, 0.05) is 22.1 Å². The first-order valence-electron chi connectivity index (χ1n) is 33.2. The molecule has 0 aliphatic heterocycles. The molecule has 0 radical (unpaired) electrons. The summed E-state index contributed by atoms with van der Waals surface area (Å²) >= 11 is 0. The first-order chi connectivity index (χ1) is 39.0. The predicted octanol–water partition coefficient (Wildman–Crippen LogP) is 25.5. The number of benzene rings is 4. The van der Waals surface area contributed by atoms with Crippen LogP contribution in [0.15, 0.2) is 132 Å². The quantitative estimate of drug-likeness (QED) is 0.0257. The molecular formula is C82H117N. The number of aliphatic imine (C=N–C) groups is 1. The number of hydrogen-bond donors (Lipinski definition) is 0. The molecule has 2 aliphatic carbocycles. The highest BCUT2D eigenvalue weighted by atomic mass is 14.8. The van der Waals surface area contributed by atoms with E-state index in [2.05, 4.69) is 248 Å². The predicted molar refractivity (Wildman–Crippen MR) is 372 cm³/mol. The van der Waals surface area contributed by atoms with E-state index >= 15 is 0 Å². The van der Waals surface area contributed by atoms with Gasteiger partial charge in [-0.15, -0.1) is 0 Å². The Hall–Kier alpha value is -5.01. The van der Waals surface area contributed by atoms with E-state index in [1.165, 1.54) is 152 Å². The molecule has 450 valence electrons. The second kappa shape index (κ2) is 28.5. The van der Waals surface area contributed by atoms with Crippen LogP contribution in [-0.2, 0) is 21.7 Å². The Bertz CT molecular complexity index is 2990. The highest BCUT2D eigenvalue weighted by molar-refractivity contribution is 6.32. The van der Waals surface area contributed by atoms with Gasteiger partial charge in [-0.1, -0.05) is 322 Å². The van der Waals surface area contributed by atoms with Crippen LogP contribution in [0.4, 0.5) is 5.69 Å². The molecule has 0 saturated carbocycles. The van der Waals surface area contributed by atoms with E-state index < -0.39 is 0 Å². The van der Waals surface area contributed by atoms with Crippen LogP contribution in [0.25, 0.3) is 22.3 Å². The van der Waals surface area contributed by atoms with Gasteiger partial charge in [0.25, 0.3) is 0 Å². The summed E-state index contributed by atoms with van der Waals surface area (Å²) in [6, 6.07) is 30.7. The maximum absolute atomic E-state index is 6.00. The molecule has 0 spiro atoms. The van der Waals surface area contributed by atoms with E-state index in [9.17, 15) is 0 Å². The largest absolute Gasteiger partial charge is 0.247 e. The summed E-state index contributed by atoms with van der Waals surface area (Å²) in [5, 5.41) is 0. The molecule has 0 saturated heterocycles. The van der Waals surface area contributed by atoms with Gasteiger partial charge in [0.2, 0.25) is 0 Å². The van der Waals surface area contributed by atoms with E-state index in [-0.39, 0.29) is 32.5 Å². The maximum Gasteiger partial charge on any atom is 0.0781 e. The van der Waals surface area contributed by atoms with Gasteiger partial charge in [-0.2, -0.15) is 0 Å². The van der Waals surface area contributed by atoms with Gasteiger partial charge >= 0.3 is 0 Å². The van der Waals surface area contributed by atoms with Crippen LogP contribution < -0.4 is 0 Å². The van der Waals surface area contributed by atoms with Crippen molar-refractivity contribution in [2.24, 2.45) is 21.7 Å². The average Bonchev–Trinajstić information content (AvgIpc) is 1.79. The fourth-order valence-electron chi connectivity index (χ4n) is 13.1. The van der Waals surface area contributed by atoms with Crippen molar-refractivity contribution in [3.8, 4) is 0 Å². The van der Waals surface area contributed by atoms with Crippen molar-refractivity contribution < 1.29 is 0 Å². The van der Waals surface area contributed by atoms with Crippen LogP contribution in [-0.4, -0.2) is 5.71 Å². The summed E-state index contributed by atoms with van der Waals surface area (Å²) in [6.45, 7) is 51.8. The normalized spacial score (nSPS) is 16.5. The third kappa shape index (κ3) is 16.9. The second-order valence-corrected chi connectivity index (χ2v) is 30.6. The van der Waals surface area contributed by atoms with E-state index in [1.807, 2.05) is 0 Å². The third-order valence-corrected chi connectivity index (χ3v) is 19.4. The maximum atomic E-state index is 6.00. The van der Waals surface area contributed by atoms with Crippen molar-refractivity contribution >= 4 is 33.7 Å². The number of hydrogen-bond acceptors (Lipinski definition) is 1. The lowest BCUT2D eigenvalue weighted by Gasteiger charge is -2.39. The van der Waals surface area contributed by atoms with Gasteiger partial charge in [-0.25, -0.2) is 4.99 Å². The molecule has 1 nitrogen and oxygen atoms in total. The van der Waals surface area contributed by atoms with Crippen LogP contribution in [0.3, 0.4) is 0 Å². The van der Waals surface area contributed by atoms with Gasteiger partial charge in [0.05, 0.1) is 11.4 Å². The molecule has 1 atom stereocenters. The topological polar surface area (TPSA) is 12.4 Å². The van der Waals surface area contributed by atoms with Crippen LogP contribution in [0.5, 0.6) is 0 Å². The number of unbranched alkanes of at least 4 members (excludes halogenated alkanes) is 10. The van der Waals surface area contributed by atoms with Crippen molar-refractivity contribution in [2.75, 3.05) is 0 Å². The minimum atomic E-state index is -0.136. The zero-order valence-corrected chi connectivity index (χ0v) is 56.9. The van der Waals surface area contributed by atoms with E-state index in [1.54, 1.807) is 16.7 Å². The fraction of sp³-hybridized carbons (Fsp3) is 0.549. The van der Waals surface area contributed by atoms with E-state index in [4.69, 9.17) is 11.6 Å². The number of allylic oxidation sites excluding steroid dienone is 11. The minimum absolute atomic E-state index is 0.0258. The Balaban J connectivity index is 1.55. The lowest BCUT2D eigenvalue weighted by molar-refractivity contribution is 0.272. The van der Waals surface area contributed by atoms with Crippen molar-refractivity contribution in [1.29, 1.82) is 0 Å². The van der Waals surface area contributed by atoms with Gasteiger partial charge < -0.3 is 0 Å². The first kappa shape index (κ1) is 67.1. The Morgan fingerprint density at radius 1 is 0.614 bits per heavy atom. The molecule has 0 bridgehead atoms. The number of nitrogens with zero attached hydrogens (tertiary/aromatic N) is 1. The Morgan fingerprint density at radius 3 is 1.66 bits per heavy atom. The summed E-state index contributed by atoms with van der Waals surface area (Å²) < 4.78 is 0. The summed E-state index contributed by atoms with van der Waals surface area (Å²) in [4.78, 5) is 6.00. The molecule has 1 heteroatoms. The van der Waals surface area contributed by atoms with Gasteiger partial charge in [-0.05, 0) is 153 Å². The molecule has 0 heterocycles. The highest BCUT2D eigenvalue weighted by Crippen LogP contribution is 2.58. The van der Waals surface area contributed by atoms with Crippen molar-refractivity contribution in [3.05, 3.63) is 183 Å². The summed E-state index contributed by atoms with van der Waals surface area (Å²) in [7, 11) is 0. The van der Waals surface area contributed by atoms with E-state index in [0.717, 1.165) is 47.4 Å². The standard InChI is InChI=1S/C82H117N/c1-22-25-27-29-31-33-53-82(54-34-32-30-28-26-23-2)73-56-65(42-48-70(73)71-49-47-68(57-74(71)82)80(17,18)19)58(4)36-37-63(35-24-3)69-50-51-72(81(20,21)55-52-59(5)77(8,9)10)61(7)76(69)83-75(64-40-45-67(46-41-64)79(14,15)16)60(6)62-38-43-66(44-39-62)78(11,12)13/h36-52,56,68H,6,22-35,53-55,57H2,1-5,7-21H3/b58-36+,59-52+,63-37+,83-75?. The number of rotatable bonds is 26. The van der Waals surface area contributed by atoms with Crippen molar-refractivity contribution in [2.45, 2.75) is 276 Å². The zero-order valence-electron chi connectivity index (χ0n) is 56.9. The van der Waals surface area contributed by atoms with Crippen LogP contribution in [0.2, 0.25) is 0 Å². The second-order valence-electron chi connectivity index (χ2n) is 30.6. The fourth-order valence-corrected chi connectivity index (χ4v) is 13.1. The Morgan fingerprint density at radius 2 is 1.14 bits per heavy atom. The molecule has 2 aliphatic rings. The van der Waals surface area contributed by atoms with Gasteiger partial charge in [-0.3, -0.25) is 0 Å². The molecule has 0 amide bonds. The lowest BCUT2D eigenvalue weighted by Crippen LogP contribution is -2.31. The average molecular weight is 1120 g/mol. The van der Waals surface area contributed by atoms with Crippen LogP contribution in [0, 0.1) is 23.7 Å². The molecule has 4 aromatic carbocycles. The number of fused-ring (bicyclic) bond motifs is 2. The van der Waals surface area contributed by atoms with E-state index in [0.29, 0.717) is 5.92 Å². The van der Waals surface area contributed by atoms with Gasteiger partial charge in [0.1, 0.15) is 0 Å². The van der Waals surface area contributed by atoms with Crippen molar-refractivity contribution in [1.82, 2.24) is 0 Å². The van der Waals surface area contributed by atoms with Crippen LogP contribution >= 0.6 is 0 Å². The molecule has 0 fully saturated rings. The Kier molecular flexibility index (Phi) is 23.0. The molecule has 6 rings (SSSR count). The van der Waals surface area contributed by atoms with Crippen LogP contribution in [0.1, 0.15) is 303 Å². The Labute approximate surface area is 511 Å². The summed E-state index contributed by atoms with van der Waals surface area (Å²) in [6.07, 6.45) is 35.1. The molecule has 0 aromatic heterocycles. The molecule has 1 unspecified atom stereocenters. The SMILES string of the molecule is C=C(C(=Nc1c(/C(=C/C=C(\C)c2ccc3c(c2)C(CCCCCCCC)(CCCCCCCC)C2=C3C=CC(C(C)(C)C)C2)CCC)ccc(C(C)(C)C/C=C(\C)C(C)(C)C)c1C)c1ccc(C(C)(C)C)cc1)c1ccc(C(C)(C)C)cc1. The van der Waals surface area contributed by atoms with Gasteiger partial charge in [0.15, 0.2) is 0 Å².